The number of benzene rings is 1. The average molecular weight is 239 g/mol. The lowest BCUT2D eigenvalue weighted by atomic mass is 10.1. The number of nitrogens with zero attached hydrogens (tertiary/aromatic N) is 2. The van der Waals surface area contributed by atoms with Gasteiger partial charge in [-0.15, -0.1) is 0 Å². The highest BCUT2D eigenvalue weighted by molar-refractivity contribution is 5.78. The first-order valence-corrected chi connectivity index (χ1v) is 5.76. The van der Waals surface area contributed by atoms with Crippen molar-refractivity contribution in [2.24, 2.45) is 0 Å². The van der Waals surface area contributed by atoms with Gasteiger partial charge >= 0.3 is 0 Å². The highest BCUT2D eigenvalue weighted by Crippen LogP contribution is 2.30. The summed E-state index contributed by atoms with van der Waals surface area (Å²) in [6.07, 6.45) is 1.78. The molecule has 2 aromatic heterocycles. The Kier molecular flexibility index (Phi) is 2.30. The van der Waals surface area contributed by atoms with Crippen LogP contribution in [0.25, 0.3) is 22.6 Å². The Balaban J connectivity index is 2.22. The molecule has 4 heteroatoms. The number of phenolic OH excluding ortho intramolecular Hbond substituents is 1. The molecule has 0 saturated heterocycles. The predicted octanol–water partition coefficient (Wildman–Crippen LogP) is 2.95. The lowest BCUT2D eigenvalue weighted by molar-refractivity contribution is 0.473. The van der Waals surface area contributed by atoms with Crippen LogP contribution in [-0.2, 0) is 0 Å². The van der Waals surface area contributed by atoms with Crippen LogP contribution in [-0.4, -0.2) is 20.1 Å². The zero-order valence-corrected chi connectivity index (χ0v) is 10.2. The summed E-state index contributed by atoms with van der Waals surface area (Å²) in [5.41, 5.74) is 4.15. The highest BCUT2D eigenvalue weighted by Gasteiger charge is 2.11. The largest absolute Gasteiger partial charge is 0.507 e. The summed E-state index contributed by atoms with van der Waals surface area (Å²) in [5.74, 6) is 0.901. The first-order chi connectivity index (χ1) is 8.65. The van der Waals surface area contributed by atoms with E-state index >= 15 is 0 Å². The van der Waals surface area contributed by atoms with Gasteiger partial charge in [-0.25, -0.2) is 9.97 Å². The molecule has 3 aromatic rings. The van der Waals surface area contributed by atoms with E-state index < -0.39 is 0 Å². The highest BCUT2D eigenvalue weighted by atomic mass is 16.3. The number of pyridine rings is 1. The number of aromatic hydroxyl groups is 1. The molecule has 0 bridgehead atoms. The smallest absolute Gasteiger partial charge is 0.178 e. The van der Waals surface area contributed by atoms with Crippen LogP contribution in [0.1, 0.15) is 11.1 Å². The van der Waals surface area contributed by atoms with Crippen molar-refractivity contribution in [3.63, 3.8) is 0 Å². The van der Waals surface area contributed by atoms with E-state index in [2.05, 4.69) is 15.0 Å². The summed E-state index contributed by atoms with van der Waals surface area (Å²) in [6.45, 7) is 3.85. The average Bonchev–Trinajstić information content (AvgIpc) is 2.75. The zero-order valence-electron chi connectivity index (χ0n) is 10.2. The van der Waals surface area contributed by atoms with Gasteiger partial charge in [0.05, 0.1) is 11.1 Å². The van der Waals surface area contributed by atoms with Gasteiger partial charge < -0.3 is 10.1 Å². The Morgan fingerprint density at radius 2 is 2.06 bits per heavy atom. The van der Waals surface area contributed by atoms with Crippen LogP contribution in [0, 0.1) is 13.8 Å². The number of nitrogens with one attached hydrogen (secondary N) is 1. The van der Waals surface area contributed by atoms with Crippen molar-refractivity contribution in [3.05, 3.63) is 41.6 Å². The van der Waals surface area contributed by atoms with Crippen LogP contribution in [0.15, 0.2) is 30.5 Å². The summed E-state index contributed by atoms with van der Waals surface area (Å²) in [4.78, 5) is 11.8. The van der Waals surface area contributed by atoms with E-state index in [-0.39, 0.29) is 5.75 Å². The topological polar surface area (TPSA) is 61.8 Å². The van der Waals surface area contributed by atoms with Crippen LogP contribution in [0.3, 0.4) is 0 Å². The van der Waals surface area contributed by atoms with Gasteiger partial charge in [0, 0.05) is 6.20 Å². The summed E-state index contributed by atoms with van der Waals surface area (Å²) in [6, 6.07) is 7.60. The second kappa shape index (κ2) is 3.84. The first kappa shape index (κ1) is 10.8. The summed E-state index contributed by atoms with van der Waals surface area (Å²) >= 11 is 0. The van der Waals surface area contributed by atoms with Crippen LogP contribution in [0.4, 0.5) is 0 Å². The van der Waals surface area contributed by atoms with Gasteiger partial charge in [0.2, 0.25) is 0 Å². The maximum absolute atomic E-state index is 10.1. The van der Waals surface area contributed by atoms with E-state index in [1.807, 2.05) is 38.1 Å². The fourth-order valence-corrected chi connectivity index (χ4v) is 1.98. The second-order valence-corrected chi connectivity index (χ2v) is 4.44. The molecule has 0 aliphatic rings. The minimum Gasteiger partial charge on any atom is -0.507 e. The Morgan fingerprint density at radius 1 is 1.22 bits per heavy atom. The second-order valence-electron chi connectivity index (χ2n) is 4.44. The number of aryl methyl sites for hydroxylation is 2. The molecule has 4 nitrogen and oxygen atoms in total. The first-order valence-electron chi connectivity index (χ1n) is 5.76. The van der Waals surface area contributed by atoms with Crippen molar-refractivity contribution in [1.82, 2.24) is 15.0 Å². The van der Waals surface area contributed by atoms with Crippen molar-refractivity contribution >= 4 is 11.2 Å². The van der Waals surface area contributed by atoms with Crippen LogP contribution >= 0.6 is 0 Å². The SMILES string of the molecule is Cc1cnc2nc(-c3cccc(C)c3O)[nH]c2c1. The lowest BCUT2D eigenvalue weighted by Gasteiger charge is -2.03. The molecule has 2 heterocycles. The predicted molar refractivity (Wildman–Crippen MR) is 70.5 cm³/mol. The van der Waals surface area contributed by atoms with Crippen molar-refractivity contribution in [3.8, 4) is 17.1 Å². The van der Waals surface area contributed by atoms with Gasteiger partial charge in [-0.1, -0.05) is 12.1 Å². The summed E-state index contributed by atoms with van der Waals surface area (Å²) in [7, 11) is 0. The number of fused-ring (bicyclic) bond motifs is 1. The molecular formula is C14H13N3O. The molecule has 2 N–H and O–H groups in total. The van der Waals surface area contributed by atoms with Crippen LogP contribution in [0.2, 0.25) is 0 Å². The fraction of sp³-hybridized carbons (Fsp3) is 0.143. The molecule has 0 radical (unpaired) electrons. The van der Waals surface area contributed by atoms with E-state index in [9.17, 15) is 5.11 Å². The number of imidazole rings is 1. The fourth-order valence-electron chi connectivity index (χ4n) is 1.98. The number of hydrogen-bond acceptors (Lipinski definition) is 3. The van der Waals surface area contributed by atoms with Gasteiger partial charge in [0.15, 0.2) is 5.65 Å². The molecule has 0 aliphatic heterocycles. The molecular weight excluding hydrogens is 226 g/mol. The standard InChI is InChI=1S/C14H13N3O/c1-8-6-11-14(15-7-8)17-13(16-11)10-5-3-4-9(2)12(10)18/h3-7,18H,1-2H3,(H,15,16,17). The molecule has 18 heavy (non-hydrogen) atoms. The van der Waals surface area contributed by atoms with E-state index in [1.165, 1.54) is 0 Å². The van der Waals surface area contributed by atoms with Crippen molar-refractivity contribution in [2.75, 3.05) is 0 Å². The third-order valence-corrected chi connectivity index (χ3v) is 2.97. The molecule has 1 aromatic carbocycles. The van der Waals surface area contributed by atoms with Gasteiger partial charge in [0.25, 0.3) is 0 Å². The minimum absolute atomic E-state index is 0.258. The van der Waals surface area contributed by atoms with Gasteiger partial charge in [-0.3, -0.25) is 0 Å². The van der Waals surface area contributed by atoms with Gasteiger partial charge in [-0.05, 0) is 37.1 Å². The van der Waals surface area contributed by atoms with Crippen molar-refractivity contribution in [1.29, 1.82) is 0 Å². The molecule has 3 rings (SSSR count). The third kappa shape index (κ3) is 1.62. The molecule has 0 unspecified atom stereocenters. The van der Waals surface area contributed by atoms with E-state index in [1.54, 1.807) is 6.20 Å². The van der Waals surface area contributed by atoms with Crippen molar-refractivity contribution < 1.29 is 5.11 Å². The van der Waals surface area contributed by atoms with Gasteiger partial charge in [-0.2, -0.15) is 0 Å². The summed E-state index contributed by atoms with van der Waals surface area (Å²) in [5, 5.41) is 10.1. The number of H-pyrrole nitrogens is 1. The molecule has 0 fully saturated rings. The Labute approximate surface area is 104 Å². The molecule has 0 atom stereocenters. The number of rotatable bonds is 1. The minimum atomic E-state index is 0.258. The monoisotopic (exact) mass is 239 g/mol. The van der Waals surface area contributed by atoms with Crippen LogP contribution < -0.4 is 0 Å². The normalized spacial score (nSPS) is 11.0. The number of para-hydroxylation sites is 1. The maximum Gasteiger partial charge on any atom is 0.178 e. The maximum atomic E-state index is 10.1. The quantitative estimate of drug-likeness (QED) is 0.686. The lowest BCUT2D eigenvalue weighted by Crippen LogP contribution is -1.84. The van der Waals surface area contributed by atoms with Crippen molar-refractivity contribution in [2.45, 2.75) is 13.8 Å². The number of aromatic nitrogens is 3. The van der Waals surface area contributed by atoms with Gasteiger partial charge in [0.1, 0.15) is 11.6 Å². The number of phenols is 1. The Bertz CT molecular complexity index is 731. The molecule has 90 valence electrons. The zero-order chi connectivity index (χ0) is 12.7. The molecule has 0 amide bonds. The van der Waals surface area contributed by atoms with E-state index in [0.29, 0.717) is 17.0 Å². The number of aromatic amines is 1. The van der Waals surface area contributed by atoms with E-state index in [0.717, 1.165) is 16.6 Å². The molecule has 0 spiro atoms. The third-order valence-electron chi connectivity index (χ3n) is 2.97. The number of hydrogen-bond donors (Lipinski definition) is 2. The Hall–Kier alpha value is -2.36. The van der Waals surface area contributed by atoms with Crippen LogP contribution in [0.5, 0.6) is 5.75 Å². The summed E-state index contributed by atoms with van der Waals surface area (Å²) < 4.78 is 0. The molecule has 0 aliphatic carbocycles. The molecule has 0 saturated carbocycles. The van der Waals surface area contributed by atoms with E-state index in [4.69, 9.17) is 0 Å². The Morgan fingerprint density at radius 3 is 2.89 bits per heavy atom.